The van der Waals surface area contributed by atoms with E-state index in [9.17, 15) is 0 Å². The number of nitrogens with one attached hydrogen (secondary N) is 1. The Morgan fingerprint density at radius 1 is 1.14 bits per heavy atom. The second-order valence-corrected chi connectivity index (χ2v) is 5.78. The first-order valence-electron chi connectivity index (χ1n) is 7.62. The van der Waals surface area contributed by atoms with Gasteiger partial charge >= 0.3 is 0 Å². The molecular formula is C16H25N3O2. The molecule has 2 unspecified atom stereocenters. The van der Waals surface area contributed by atoms with Crippen LogP contribution in [0.2, 0.25) is 0 Å². The molecule has 0 radical (unpaired) electrons. The third kappa shape index (κ3) is 2.73. The summed E-state index contributed by atoms with van der Waals surface area (Å²) in [6.45, 7) is 5.83. The van der Waals surface area contributed by atoms with E-state index in [0.29, 0.717) is 6.04 Å². The Morgan fingerprint density at radius 2 is 1.90 bits per heavy atom. The van der Waals surface area contributed by atoms with Gasteiger partial charge in [0.25, 0.3) is 0 Å². The highest BCUT2D eigenvalue weighted by Crippen LogP contribution is 2.34. The molecule has 1 aromatic rings. The Balaban J connectivity index is 1.92. The Morgan fingerprint density at radius 3 is 2.43 bits per heavy atom. The molecule has 1 N–H and O–H groups in total. The molecule has 0 spiro atoms. The highest BCUT2D eigenvalue weighted by molar-refractivity contribution is 5.43. The predicted molar refractivity (Wildman–Crippen MR) is 83.1 cm³/mol. The molecule has 3 aliphatic heterocycles. The third-order valence-electron chi connectivity index (χ3n) is 4.79. The zero-order chi connectivity index (χ0) is 14.8. The van der Waals surface area contributed by atoms with Crippen molar-refractivity contribution in [3.8, 4) is 11.5 Å². The van der Waals surface area contributed by atoms with Gasteiger partial charge < -0.3 is 14.8 Å². The largest absolute Gasteiger partial charge is 0.497 e. The van der Waals surface area contributed by atoms with Crippen molar-refractivity contribution in [1.29, 1.82) is 0 Å². The van der Waals surface area contributed by atoms with E-state index in [1.54, 1.807) is 14.2 Å². The van der Waals surface area contributed by atoms with Gasteiger partial charge in [0.1, 0.15) is 11.5 Å². The van der Waals surface area contributed by atoms with Crippen LogP contribution in [-0.2, 0) is 0 Å². The minimum absolute atomic E-state index is 0.248. The Bertz CT molecular complexity index is 486. The lowest BCUT2D eigenvalue weighted by molar-refractivity contribution is -0.00287. The topological polar surface area (TPSA) is 37.0 Å². The third-order valence-corrected chi connectivity index (χ3v) is 4.79. The van der Waals surface area contributed by atoms with Crippen LogP contribution >= 0.6 is 0 Å². The standard InChI is InChI=1S/C16H25N3O2/c1-17-16(14-11-18-6-8-19(14)9-7-18)13-10-12(20-2)4-5-15(13)21-3/h4-5,10,14,16-17H,6-9,11H2,1-3H3. The average Bonchev–Trinajstić information content (AvgIpc) is 2.56. The molecule has 3 aliphatic rings. The first-order valence-corrected chi connectivity index (χ1v) is 7.62. The molecule has 4 rings (SSSR count). The summed E-state index contributed by atoms with van der Waals surface area (Å²) in [4.78, 5) is 5.15. The first kappa shape index (κ1) is 14.6. The van der Waals surface area contributed by atoms with Crippen molar-refractivity contribution in [2.45, 2.75) is 12.1 Å². The van der Waals surface area contributed by atoms with Crippen molar-refractivity contribution in [3.63, 3.8) is 0 Å². The number of hydrogen-bond donors (Lipinski definition) is 1. The number of nitrogens with zero attached hydrogens (tertiary/aromatic N) is 2. The number of ether oxygens (including phenoxy) is 2. The predicted octanol–water partition coefficient (Wildman–Crippen LogP) is 0.964. The Labute approximate surface area is 126 Å². The van der Waals surface area contributed by atoms with Crippen molar-refractivity contribution >= 4 is 0 Å². The molecule has 1 aromatic carbocycles. The van der Waals surface area contributed by atoms with E-state index in [2.05, 4.69) is 21.2 Å². The van der Waals surface area contributed by atoms with Crippen LogP contribution < -0.4 is 14.8 Å². The minimum Gasteiger partial charge on any atom is -0.497 e. The summed E-state index contributed by atoms with van der Waals surface area (Å²) >= 11 is 0. The maximum atomic E-state index is 5.57. The first-order chi connectivity index (χ1) is 10.3. The molecule has 3 heterocycles. The minimum atomic E-state index is 0.248. The van der Waals surface area contributed by atoms with Crippen molar-refractivity contribution in [1.82, 2.24) is 15.1 Å². The molecule has 0 amide bonds. The van der Waals surface area contributed by atoms with E-state index in [0.717, 1.165) is 31.1 Å². The van der Waals surface area contributed by atoms with E-state index in [4.69, 9.17) is 9.47 Å². The number of methoxy groups -OCH3 is 2. The maximum absolute atomic E-state index is 5.57. The summed E-state index contributed by atoms with van der Waals surface area (Å²) in [6, 6.07) is 6.77. The van der Waals surface area contributed by atoms with Crippen molar-refractivity contribution < 1.29 is 9.47 Å². The molecule has 0 aliphatic carbocycles. The van der Waals surface area contributed by atoms with Crippen LogP contribution in [-0.4, -0.2) is 69.8 Å². The summed E-state index contributed by atoms with van der Waals surface area (Å²) in [5.41, 5.74) is 1.18. The molecule has 3 fully saturated rings. The van der Waals surface area contributed by atoms with Crippen LogP contribution in [0.25, 0.3) is 0 Å². The molecule has 0 aromatic heterocycles. The van der Waals surface area contributed by atoms with E-state index >= 15 is 0 Å². The van der Waals surface area contributed by atoms with Crippen LogP contribution in [0.4, 0.5) is 0 Å². The lowest BCUT2D eigenvalue weighted by Crippen LogP contribution is -2.63. The number of piperazine rings is 3. The van der Waals surface area contributed by atoms with Gasteiger partial charge in [-0.05, 0) is 25.2 Å². The number of fused-ring (bicyclic) bond motifs is 3. The fraction of sp³-hybridized carbons (Fsp3) is 0.625. The summed E-state index contributed by atoms with van der Waals surface area (Å²) < 4.78 is 11.0. The molecule has 0 saturated carbocycles. The molecule has 21 heavy (non-hydrogen) atoms. The molecule has 5 heteroatoms. The SMILES string of the molecule is CNC(c1cc(OC)ccc1OC)C1CN2CCN1CC2. The number of rotatable bonds is 5. The molecule has 5 nitrogen and oxygen atoms in total. The maximum Gasteiger partial charge on any atom is 0.123 e. The van der Waals surface area contributed by atoms with Crippen molar-refractivity contribution in [2.24, 2.45) is 0 Å². The van der Waals surface area contributed by atoms with Crippen molar-refractivity contribution in [2.75, 3.05) is 54.0 Å². The molecule has 2 bridgehead atoms. The molecule has 116 valence electrons. The second-order valence-electron chi connectivity index (χ2n) is 5.78. The van der Waals surface area contributed by atoms with Gasteiger partial charge in [-0.2, -0.15) is 0 Å². The quantitative estimate of drug-likeness (QED) is 0.875. The zero-order valence-corrected chi connectivity index (χ0v) is 13.1. The van der Waals surface area contributed by atoms with Gasteiger partial charge in [0.2, 0.25) is 0 Å². The zero-order valence-electron chi connectivity index (χ0n) is 13.1. The number of likely N-dealkylation sites (N-methyl/N-ethyl adjacent to an activating group) is 1. The van der Waals surface area contributed by atoms with Gasteiger partial charge in [-0.25, -0.2) is 0 Å². The smallest absolute Gasteiger partial charge is 0.123 e. The van der Waals surface area contributed by atoms with Crippen LogP contribution in [0.15, 0.2) is 18.2 Å². The normalized spacial score (nSPS) is 29.2. The Kier molecular flexibility index (Phi) is 4.33. The van der Waals surface area contributed by atoms with E-state index < -0.39 is 0 Å². The second kappa shape index (κ2) is 6.22. The summed E-state index contributed by atoms with van der Waals surface area (Å²) in [6.07, 6.45) is 0. The monoisotopic (exact) mass is 291 g/mol. The van der Waals surface area contributed by atoms with E-state index in [1.807, 2.05) is 19.2 Å². The molecular weight excluding hydrogens is 266 g/mol. The van der Waals surface area contributed by atoms with Gasteiger partial charge in [-0.15, -0.1) is 0 Å². The number of hydrogen-bond acceptors (Lipinski definition) is 5. The average molecular weight is 291 g/mol. The van der Waals surface area contributed by atoms with Crippen LogP contribution in [0.1, 0.15) is 11.6 Å². The summed E-state index contributed by atoms with van der Waals surface area (Å²) in [5, 5.41) is 3.50. The lowest BCUT2D eigenvalue weighted by Gasteiger charge is -2.50. The number of benzene rings is 1. The molecule has 3 saturated heterocycles. The van der Waals surface area contributed by atoms with E-state index in [-0.39, 0.29) is 6.04 Å². The van der Waals surface area contributed by atoms with Gasteiger partial charge in [-0.3, -0.25) is 9.80 Å². The fourth-order valence-electron chi connectivity index (χ4n) is 3.61. The van der Waals surface area contributed by atoms with E-state index in [1.165, 1.54) is 18.7 Å². The van der Waals surface area contributed by atoms with Crippen LogP contribution in [0.5, 0.6) is 11.5 Å². The summed E-state index contributed by atoms with van der Waals surface area (Å²) in [7, 11) is 5.47. The molecule has 2 atom stereocenters. The highest BCUT2D eigenvalue weighted by atomic mass is 16.5. The summed E-state index contributed by atoms with van der Waals surface area (Å²) in [5.74, 6) is 1.80. The Hall–Kier alpha value is -1.30. The van der Waals surface area contributed by atoms with Crippen LogP contribution in [0, 0.1) is 0 Å². The van der Waals surface area contributed by atoms with Gasteiger partial charge in [-0.1, -0.05) is 0 Å². The fourth-order valence-corrected chi connectivity index (χ4v) is 3.61. The van der Waals surface area contributed by atoms with Gasteiger partial charge in [0.05, 0.1) is 20.3 Å². The van der Waals surface area contributed by atoms with Gasteiger partial charge in [0.15, 0.2) is 0 Å². The highest BCUT2D eigenvalue weighted by Gasteiger charge is 2.37. The van der Waals surface area contributed by atoms with Crippen molar-refractivity contribution in [3.05, 3.63) is 23.8 Å². The van der Waals surface area contributed by atoms with Gasteiger partial charge in [0, 0.05) is 44.3 Å². The van der Waals surface area contributed by atoms with Crippen LogP contribution in [0.3, 0.4) is 0 Å². The lowest BCUT2D eigenvalue weighted by atomic mass is 9.93.